The topological polar surface area (TPSA) is 26.0 Å². The van der Waals surface area contributed by atoms with Gasteiger partial charge in [0.15, 0.2) is 0 Å². The summed E-state index contributed by atoms with van der Waals surface area (Å²) in [5, 5.41) is 3.79. The summed E-state index contributed by atoms with van der Waals surface area (Å²) in [6, 6.07) is 6.68. The van der Waals surface area contributed by atoms with Crippen molar-refractivity contribution in [3.63, 3.8) is 0 Å². The van der Waals surface area contributed by atoms with Crippen LogP contribution in [0.15, 0.2) is 28.8 Å². The highest BCUT2D eigenvalue weighted by Crippen LogP contribution is 2.25. The van der Waals surface area contributed by atoms with E-state index in [1.54, 1.807) is 19.1 Å². The molecule has 2 aromatic rings. The van der Waals surface area contributed by atoms with Gasteiger partial charge in [0.2, 0.25) is 0 Å². The van der Waals surface area contributed by atoms with Crippen LogP contribution >= 0.6 is 0 Å². The number of rotatable bonds is 1. The fourth-order valence-corrected chi connectivity index (χ4v) is 1.44. The minimum Gasteiger partial charge on any atom is -0.361 e. The smallest absolute Gasteiger partial charge is 0.134 e. The van der Waals surface area contributed by atoms with Gasteiger partial charge in [-0.3, -0.25) is 0 Å². The fourth-order valence-electron chi connectivity index (χ4n) is 1.44. The second-order valence-corrected chi connectivity index (χ2v) is 3.25. The maximum Gasteiger partial charge on any atom is 0.134 e. The Labute approximate surface area is 81.3 Å². The van der Waals surface area contributed by atoms with Crippen LogP contribution in [0.4, 0.5) is 4.39 Å². The molecule has 1 aromatic carbocycles. The van der Waals surface area contributed by atoms with Crippen LogP contribution in [0.2, 0.25) is 0 Å². The Morgan fingerprint density at radius 1 is 1.29 bits per heavy atom. The average molecular weight is 191 g/mol. The second kappa shape index (κ2) is 3.25. The first kappa shape index (κ1) is 8.94. The van der Waals surface area contributed by atoms with Crippen LogP contribution in [0.5, 0.6) is 0 Å². The first-order chi connectivity index (χ1) is 6.68. The zero-order valence-electron chi connectivity index (χ0n) is 8.04. The third-order valence-electron chi connectivity index (χ3n) is 2.11. The summed E-state index contributed by atoms with van der Waals surface area (Å²) in [6.07, 6.45) is 0. The Bertz CT molecular complexity index is 442. The average Bonchev–Trinajstić information content (AvgIpc) is 2.51. The van der Waals surface area contributed by atoms with Gasteiger partial charge in [0.25, 0.3) is 0 Å². The minimum absolute atomic E-state index is 0.265. The van der Waals surface area contributed by atoms with E-state index in [1.165, 1.54) is 6.07 Å². The number of aromatic nitrogens is 1. The molecule has 0 bridgehead atoms. The van der Waals surface area contributed by atoms with Crippen LogP contribution in [0.1, 0.15) is 11.3 Å². The van der Waals surface area contributed by atoms with Crippen molar-refractivity contribution in [1.29, 1.82) is 0 Å². The lowest BCUT2D eigenvalue weighted by molar-refractivity contribution is 0.399. The van der Waals surface area contributed by atoms with Crippen LogP contribution in [-0.4, -0.2) is 5.16 Å². The van der Waals surface area contributed by atoms with Gasteiger partial charge in [-0.2, -0.15) is 0 Å². The first-order valence-corrected chi connectivity index (χ1v) is 4.37. The van der Waals surface area contributed by atoms with Gasteiger partial charge < -0.3 is 4.52 Å². The van der Waals surface area contributed by atoms with Crippen molar-refractivity contribution in [3.05, 3.63) is 41.4 Å². The third-order valence-corrected chi connectivity index (χ3v) is 2.11. The Kier molecular flexibility index (Phi) is 2.08. The highest BCUT2D eigenvalue weighted by atomic mass is 19.1. The predicted octanol–water partition coefficient (Wildman–Crippen LogP) is 3.10. The summed E-state index contributed by atoms with van der Waals surface area (Å²) < 4.78 is 18.4. The van der Waals surface area contributed by atoms with Crippen LogP contribution in [0.25, 0.3) is 11.3 Å². The number of hydrogen-bond donors (Lipinski definition) is 0. The zero-order valence-corrected chi connectivity index (χ0v) is 8.04. The maximum atomic E-state index is 13.5. The SMILES string of the molecule is Cc1cc(-c2c(C)cccc2F)no1. The van der Waals surface area contributed by atoms with Crippen molar-refractivity contribution in [2.45, 2.75) is 13.8 Å². The quantitative estimate of drug-likeness (QED) is 0.692. The molecule has 0 spiro atoms. The fraction of sp³-hybridized carbons (Fsp3) is 0.182. The maximum absolute atomic E-state index is 13.5. The van der Waals surface area contributed by atoms with Crippen LogP contribution in [0, 0.1) is 19.7 Å². The summed E-state index contributed by atoms with van der Waals surface area (Å²) in [5.74, 6) is 0.418. The molecular formula is C11H10FNO. The Balaban J connectivity index is 2.61. The zero-order chi connectivity index (χ0) is 10.1. The summed E-state index contributed by atoms with van der Waals surface area (Å²) in [4.78, 5) is 0. The van der Waals surface area contributed by atoms with Gasteiger partial charge in [-0.25, -0.2) is 4.39 Å². The molecule has 3 heteroatoms. The van der Waals surface area contributed by atoms with Crippen molar-refractivity contribution in [2.75, 3.05) is 0 Å². The van der Waals surface area contributed by atoms with Gasteiger partial charge in [0.1, 0.15) is 17.3 Å². The van der Waals surface area contributed by atoms with Crippen LogP contribution in [0.3, 0.4) is 0 Å². The first-order valence-electron chi connectivity index (χ1n) is 4.37. The van der Waals surface area contributed by atoms with E-state index < -0.39 is 0 Å². The van der Waals surface area contributed by atoms with Crippen molar-refractivity contribution < 1.29 is 8.91 Å². The summed E-state index contributed by atoms with van der Waals surface area (Å²) in [6.45, 7) is 3.63. The van der Waals surface area contributed by atoms with Gasteiger partial charge >= 0.3 is 0 Å². The van der Waals surface area contributed by atoms with E-state index in [0.29, 0.717) is 17.0 Å². The standard InChI is InChI=1S/C11H10FNO/c1-7-4-3-5-9(12)11(7)10-6-8(2)14-13-10/h3-6H,1-2H3. The molecule has 0 aliphatic rings. The molecule has 1 aromatic heterocycles. The molecule has 2 nitrogen and oxygen atoms in total. The molecule has 0 aliphatic carbocycles. The largest absolute Gasteiger partial charge is 0.361 e. The minimum atomic E-state index is -0.265. The summed E-state index contributed by atoms with van der Waals surface area (Å²) >= 11 is 0. The summed E-state index contributed by atoms with van der Waals surface area (Å²) in [5.41, 5.74) is 1.93. The van der Waals surface area contributed by atoms with Crippen molar-refractivity contribution >= 4 is 0 Å². The molecule has 0 saturated carbocycles. The van der Waals surface area contributed by atoms with E-state index in [2.05, 4.69) is 5.16 Å². The molecule has 0 fully saturated rings. The Morgan fingerprint density at radius 2 is 2.07 bits per heavy atom. The van der Waals surface area contributed by atoms with E-state index in [4.69, 9.17) is 4.52 Å². The molecular weight excluding hydrogens is 181 g/mol. The van der Waals surface area contributed by atoms with Crippen molar-refractivity contribution in [1.82, 2.24) is 5.16 Å². The van der Waals surface area contributed by atoms with E-state index in [0.717, 1.165) is 5.56 Å². The number of hydrogen-bond acceptors (Lipinski definition) is 2. The van der Waals surface area contributed by atoms with E-state index in [-0.39, 0.29) is 5.82 Å². The molecule has 0 saturated heterocycles. The molecule has 14 heavy (non-hydrogen) atoms. The molecule has 1 heterocycles. The number of halogens is 1. The highest BCUT2D eigenvalue weighted by Gasteiger charge is 2.11. The molecule has 0 N–H and O–H groups in total. The van der Waals surface area contributed by atoms with Gasteiger partial charge in [0.05, 0.1) is 0 Å². The van der Waals surface area contributed by atoms with Crippen LogP contribution < -0.4 is 0 Å². The lowest BCUT2D eigenvalue weighted by Crippen LogP contribution is -1.87. The molecule has 2 rings (SSSR count). The molecule has 0 unspecified atom stereocenters. The number of aryl methyl sites for hydroxylation is 2. The molecule has 0 amide bonds. The van der Waals surface area contributed by atoms with Gasteiger partial charge in [-0.15, -0.1) is 0 Å². The normalized spacial score (nSPS) is 10.5. The van der Waals surface area contributed by atoms with Gasteiger partial charge in [-0.05, 0) is 25.5 Å². The molecule has 0 radical (unpaired) electrons. The lowest BCUT2D eigenvalue weighted by Gasteiger charge is -2.01. The Hall–Kier alpha value is -1.64. The van der Waals surface area contributed by atoms with E-state index in [1.807, 2.05) is 13.0 Å². The van der Waals surface area contributed by atoms with Crippen molar-refractivity contribution in [3.8, 4) is 11.3 Å². The van der Waals surface area contributed by atoms with Gasteiger partial charge in [0, 0.05) is 11.6 Å². The molecule has 0 atom stereocenters. The third kappa shape index (κ3) is 1.41. The number of benzene rings is 1. The van der Waals surface area contributed by atoms with E-state index >= 15 is 0 Å². The second-order valence-electron chi connectivity index (χ2n) is 3.25. The van der Waals surface area contributed by atoms with Gasteiger partial charge in [-0.1, -0.05) is 17.3 Å². The molecule has 72 valence electrons. The van der Waals surface area contributed by atoms with Crippen LogP contribution in [-0.2, 0) is 0 Å². The Morgan fingerprint density at radius 3 is 2.64 bits per heavy atom. The molecule has 0 aliphatic heterocycles. The monoisotopic (exact) mass is 191 g/mol. The summed E-state index contributed by atoms with van der Waals surface area (Å²) in [7, 11) is 0. The van der Waals surface area contributed by atoms with Crippen molar-refractivity contribution in [2.24, 2.45) is 0 Å². The lowest BCUT2D eigenvalue weighted by atomic mass is 10.1. The predicted molar refractivity (Wildman–Crippen MR) is 51.4 cm³/mol. The number of nitrogens with zero attached hydrogens (tertiary/aromatic N) is 1. The highest BCUT2D eigenvalue weighted by molar-refractivity contribution is 5.63. The van der Waals surface area contributed by atoms with E-state index in [9.17, 15) is 4.39 Å².